The maximum absolute atomic E-state index is 12.0. The third-order valence-corrected chi connectivity index (χ3v) is 3.99. The molecule has 6 heteroatoms. The highest BCUT2D eigenvalue weighted by molar-refractivity contribution is 7.90. The highest BCUT2D eigenvalue weighted by Gasteiger charge is 2.17. The zero-order chi connectivity index (χ0) is 14.5. The van der Waals surface area contributed by atoms with Gasteiger partial charge in [0.05, 0.1) is 10.6 Å². The van der Waals surface area contributed by atoms with Gasteiger partial charge >= 0.3 is 0 Å². The molecule has 0 aliphatic heterocycles. The minimum atomic E-state index is -3.36. The van der Waals surface area contributed by atoms with E-state index in [4.69, 9.17) is 5.73 Å². The van der Waals surface area contributed by atoms with Gasteiger partial charge in [-0.15, -0.1) is 0 Å². The van der Waals surface area contributed by atoms with Gasteiger partial charge in [0.25, 0.3) is 0 Å². The van der Waals surface area contributed by atoms with Crippen molar-refractivity contribution in [2.24, 2.45) is 11.7 Å². The summed E-state index contributed by atoms with van der Waals surface area (Å²) in [5, 5.41) is 2.67. The smallest absolute Gasteiger partial charge is 0.227 e. The molecule has 1 atom stereocenters. The first kappa shape index (κ1) is 15.7. The van der Waals surface area contributed by atoms with Crippen LogP contribution in [0, 0.1) is 5.92 Å². The number of nitrogens with one attached hydrogen (secondary N) is 1. The van der Waals surface area contributed by atoms with Crippen LogP contribution in [0.15, 0.2) is 29.2 Å². The van der Waals surface area contributed by atoms with Crippen LogP contribution in [0.5, 0.6) is 0 Å². The first-order valence-corrected chi connectivity index (χ1v) is 8.05. The molecule has 1 aromatic rings. The average Bonchev–Trinajstić information content (AvgIpc) is 2.35. The minimum absolute atomic E-state index is 0.134. The van der Waals surface area contributed by atoms with Gasteiger partial charge in [0, 0.05) is 12.2 Å². The van der Waals surface area contributed by atoms with Crippen molar-refractivity contribution in [2.45, 2.75) is 24.7 Å². The maximum Gasteiger partial charge on any atom is 0.227 e. The molecule has 0 aliphatic carbocycles. The molecule has 0 fully saturated rings. The summed E-state index contributed by atoms with van der Waals surface area (Å²) in [6.07, 6.45) is 2.57. The molecule has 0 aromatic heterocycles. The highest BCUT2D eigenvalue weighted by Crippen LogP contribution is 2.21. The van der Waals surface area contributed by atoms with Gasteiger partial charge in [-0.05, 0) is 31.5 Å². The fourth-order valence-electron chi connectivity index (χ4n) is 1.70. The number of hydrogen-bond acceptors (Lipinski definition) is 4. The third-order valence-electron chi connectivity index (χ3n) is 2.83. The molecule has 3 N–H and O–H groups in total. The van der Waals surface area contributed by atoms with E-state index in [1.165, 1.54) is 6.07 Å². The Bertz CT molecular complexity index is 541. The minimum Gasteiger partial charge on any atom is -0.330 e. The van der Waals surface area contributed by atoms with Crippen molar-refractivity contribution in [3.8, 4) is 0 Å². The molecule has 0 saturated heterocycles. The first-order valence-electron chi connectivity index (χ1n) is 6.16. The largest absolute Gasteiger partial charge is 0.330 e. The summed E-state index contributed by atoms with van der Waals surface area (Å²) in [4.78, 5) is 12.1. The molecule has 19 heavy (non-hydrogen) atoms. The number of para-hydroxylation sites is 1. The van der Waals surface area contributed by atoms with Crippen molar-refractivity contribution >= 4 is 21.4 Å². The predicted molar refractivity (Wildman–Crippen MR) is 75.6 cm³/mol. The van der Waals surface area contributed by atoms with Crippen LogP contribution in [0.4, 0.5) is 5.69 Å². The number of nitrogens with two attached hydrogens (primary N) is 1. The fraction of sp³-hybridized carbons (Fsp3) is 0.462. The van der Waals surface area contributed by atoms with Crippen LogP contribution in [0.25, 0.3) is 0 Å². The van der Waals surface area contributed by atoms with Crippen LogP contribution in [0.3, 0.4) is 0 Å². The van der Waals surface area contributed by atoms with E-state index in [-0.39, 0.29) is 16.7 Å². The zero-order valence-electron chi connectivity index (χ0n) is 11.2. The van der Waals surface area contributed by atoms with E-state index in [1.807, 2.05) is 0 Å². The molecule has 1 unspecified atom stereocenters. The van der Waals surface area contributed by atoms with Crippen molar-refractivity contribution in [1.29, 1.82) is 0 Å². The number of anilines is 1. The monoisotopic (exact) mass is 284 g/mol. The molecule has 1 aromatic carbocycles. The van der Waals surface area contributed by atoms with Crippen LogP contribution in [0.1, 0.15) is 19.8 Å². The number of carbonyl (C=O) groups is 1. The summed E-state index contributed by atoms with van der Waals surface area (Å²) >= 11 is 0. The SMILES string of the molecule is CC(CCCN)C(=O)Nc1ccccc1S(C)(=O)=O. The zero-order valence-corrected chi connectivity index (χ0v) is 12.0. The topological polar surface area (TPSA) is 89.3 Å². The first-order chi connectivity index (χ1) is 8.86. The van der Waals surface area contributed by atoms with Gasteiger partial charge in [0.15, 0.2) is 9.84 Å². The molecular formula is C13H20N2O3S. The molecule has 0 heterocycles. The quantitative estimate of drug-likeness (QED) is 0.826. The summed E-state index contributed by atoms with van der Waals surface area (Å²) in [6, 6.07) is 6.39. The standard InChI is InChI=1S/C13H20N2O3S/c1-10(6-5-9-14)13(16)15-11-7-3-4-8-12(11)19(2,17)18/h3-4,7-8,10H,5-6,9,14H2,1-2H3,(H,15,16). The van der Waals surface area contributed by atoms with Gasteiger partial charge < -0.3 is 11.1 Å². The molecule has 0 aliphatic rings. The molecule has 1 rings (SSSR count). The Morgan fingerprint density at radius 1 is 1.37 bits per heavy atom. The Kier molecular flexibility index (Phi) is 5.50. The lowest BCUT2D eigenvalue weighted by Gasteiger charge is -2.13. The molecule has 106 valence electrons. The van der Waals surface area contributed by atoms with E-state index in [2.05, 4.69) is 5.32 Å². The Labute approximate surface area is 114 Å². The summed E-state index contributed by atoms with van der Waals surface area (Å²) in [6.45, 7) is 2.34. The maximum atomic E-state index is 12.0. The van der Waals surface area contributed by atoms with Gasteiger partial charge in [-0.25, -0.2) is 8.42 Å². The molecule has 0 bridgehead atoms. The van der Waals surface area contributed by atoms with Gasteiger partial charge in [-0.1, -0.05) is 19.1 Å². The Morgan fingerprint density at radius 2 is 2.00 bits per heavy atom. The molecule has 5 nitrogen and oxygen atoms in total. The van der Waals surface area contributed by atoms with E-state index in [1.54, 1.807) is 25.1 Å². The van der Waals surface area contributed by atoms with Crippen molar-refractivity contribution < 1.29 is 13.2 Å². The summed E-state index contributed by atoms with van der Waals surface area (Å²) in [5.41, 5.74) is 5.73. The van der Waals surface area contributed by atoms with Crippen molar-refractivity contribution in [3.05, 3.63) is 24.3 Å². The van der Waals surface area contributed by atoms with Crippen molar-refractivity contribution in [2.75, 3.05) is 18.1 Å². The normalized spacial score (nSPS) is 13.0. The number of hydrogen-bond donors (Lipinski definition) is 2. The lowest BCUT2D eigenvalue weighted by Crippen LogP contribution is -2.22. The molecule has 0 radical (unpaired) electrons. The Balaban J connectivity index is 2.86. The summed E-state index contributed by atoms with van der Waals surface area (Å²) in [7, 11) is -3.36. The predicted octanol–water partition coefficient (Wildman–Crippen LogP) is 1.40. The second kappa shape index (κ2) is 6.68. The van der Waals surface area contributed by atoms with E-state index in [0.29, 0.717) is 18.7 Å². The fourth-order valence-corrected chi connectivity index (χ4v) is 2.55. The number of benzene rings is 1. The van der Waals surface area contributed by atoms with Crippen LogP contribution >= 0.6 is 0 Å². The van der Waals surface area contributed by atoms with E-state index < -0.39 is 9.84 Å². The second-order valence-corrected chi connectivity index (χ2v) is 6.57. The van der Waals surface area contributed by atoms with Gasteiger partial charge in [-0.3, -0.25) is 4.79 Å². The molecular weight excluding hydrogens is 264 g/mol. The van der Waals surface area contributed by atoms with Gasteiger partial charge in [0.2, 0.25) is 5.91 Å². The Morgan fingerprint density at radius 3 is 2.58 bits per heavy atom. The molecule has 0 spiro atoms. The van der Waals surface area contributed by atoms with E-state index in [0.717, 1.165) is 12.7 Å². The highest BCUT2D eigenvalue weighted by atomic mass is 32.2. The van der Waals surface area contributed by atoms with Crippen LogP contribution < -0.4 is 11.1 Å². The van der Waals surface area contributed by atoms with Gasteiger partial charge in [0.1, 0.15) is 0 Å². The molecule has 0 saturated carbocycles. The second-order valence-electron chi connectivity index (χ2n) is 4.59. The number of rotatable bonds is 6. The summed E-state index contributed by atoms with van der Waals surface area (Å²) in [5.74, 6) is -0.388. The van der Waals surface area contributed by atoms with Crippen LogP contribution in [-0.4, -0.2) is 27.1 Å². The number of amides is 1. The van der Waals surface area contributed by atoms with E-state index in [9.17, 15) is 13.2 Å². The van der Waals surface area contributed by atoms with Crippen LogP contribution in [0.2, 0.25) is 0 Å². The lowest BCUT2D eigenvalue weighted by atomic mass is 10.0. The number of carbonyl (C=O) groups excluding carboxylic acids is 1. The van der Waals surface area contributed by atoms with Crippen molar-refractivity contribution in [3.63, 3.8) is 0 Å². The van der Waals surface area contributed by atoms with Gasteiger partial charge in [-0.2, -0.15) is 0 Å². The Hall–Kier alpha value is -1.40. The summed E-state index contributed by atoms with van der Waals surface area (Å²) < 4.78 is 23.2. The van der Waals surface area contributed by atoms with E-state index >= 15 is 0 Å². The molecule has 1 amide bonds. The van der Waals surface area contributed by atoms with Crippen LogP contribution in [-0.2, 0) is 14.6 Å². The van der Waals surface area contributed by atoms with Crippen molar-refractivity contribution in [1.82, 2.24) is 0 Å². The third kappa shape index (κ3) is 4.65. The average molecular weight is 284 g/mol. The lowest BCUT2D eigenvalue weighted by molar-refractivity contribution is -0.119. The number of sulfone groups is 1.